The van der Waals surface area contributed by atoms with Crippen molar-refractivity contribution in [2.75, 3.05) is 19.7 Å². The Hall–Kier alpha value is -2.23. The zero-order chi connectivity index (χ0) is 22.7. The Labute approximate surface area is 204 Å². The van der Waals surface area contributed by atoms with E-state index in [2.05, 4.69) is 15.2 Å². The fourth-order valence-corrected chi connectivity index (χ4v) is 4.33. The number of piperidine rings is 1. The Balaban J connectivity index is 0.00000306. The van der Waals surface area contributed by atoms with Gasteiger partial charge in [-0.05, 0) is 37.8 Å². The Morgan fingerprint density at radius 1 is 1.30 bits per heavy atom. The number of ether oxygens (including phenoxy) is 1. The van der Waals surface area contributed by atoms with Gasteiger partial charge in [0.05, 0.1) is 25.4 Å². The highest BCUT2D eigenvalue weighted by atomic mass is 35.5. The second-order valence-electron chi connectivity index (χ2n) is 8.20. The minimum Gasteiger partial charge on any atom is -0.461 e. The number of hydrogen-bond acceptors (Lipinski definition) is 7. The van der Waals surface area contributed by atoms with Gasteiger partial charge in [0, 0.05) is 29.8 Å². The molecule has 2 atom stereocenters. The molecule has 2 fully saturated rings. The van der Waals surface area contributed by atoms with Gasteiger partial charge in [0.1, 0.15) is 5.82 Å². The monoisotopic (exact) mass is 494 g/mol. The SMILES string of the molecule is CCOC(=O)c1cn(C/C=C2\CN(C(C(=O)C3CC3)c3ccccc3F)CCC2S)nn1.Cl. The number of carbonyl (C=O) groups is 2. The lowest BCUT2D eigenvalue weighted by atomic mass is 9.93. The quantitative estimate of drug-likeness (QED) is 0.343. The predicted molar refractivity (Wildman–Crippen MR) is 127 cm³/mol. The van der Waals surface area contributed by atoms with Crippen LogP contribution < -0.4 is 0 Å². The standard InChI is InChI=1S/C23H27FN4O3S.ClH/c1-2-31-23(30)19-14-28(26-25-19)12-9-16-13-27(11-10-20(16)32)21(22(29)15-7-8-15)17-5-3-4-6-18(17)24;/h3-6,9,14-15,20-21,32H,2,7-8,10-13H2,1H3;1H/b16-9+;. The first-order valence-electron chi connectivity index (χ1n) is 10.9. The number of Topliss-reactive ketones (excluding diaryl/α,β-unsaturated/α-hetero) is 1. The van der Waals surface area contributed by atoms with Crippen LogP contribution in [-0.4, -0.2) is 56.6 Å². The molecule has 10 heteroatoms. The third-order valence-electron chi connectivity index (χ3n) is 5.88. The van der Waals surface area contributed by atoms with Gasteiger partial charge < -0.3 is 4.74 Å². The van der Waals surface area contributed by atoms with Gasteiger partial charge in [0.25, 0.3) is 0 Å². The molecule has 0 spiro atoms. The van der Waals surface area contributed by atoms with Gasteiger partial charge in [0.15, 0.2) is 11.5 Å². The summed E-state index contributed by atoms with van der Waals surface area (Å²) >= 11 is 4.72. The minimum absolute atomic E-state index is 0. The van der Waals surface area contributed by atoms with Crippen LogP contribution in [0.3, 0.4) is 0 Å². The van der Waals surface area contributed by atoms with E-state index in [0.29, 0.717) is 25.2 Å². The topological polar surface area (TPSA) is 77.3 Å². The van der Waals surface area contributed by atoms with E-state index in [0.717, 1.165) is 24.8 Å². The average Bonchev–Trinajstić information content (AvgIpc) is 3.53. The van der Waals surface area contributed by atoms with Crippen molar-refractivity contribution in [2.24, 2.45) is 5.92 Å². The molecular formula is C23H28ClFN4O3S. The number of thiol groups is 1. The first-order chi connectivity index (χ1) is 15.5. The minimum atomic E-state index is -0.588. The summed E-state index contributed by atoms with van der Waals surface area (Å²) in [7, 11) is 0. The lowest BCUT2D eigenvalue weighted by molar-refractivity contribution is -0.126. The smallest absolute Gasteiger partial charge is 0.360 e. The number of rotatable bonds is 8. The summed E-state index contributed by atoms with van der Waals surface area (Å²) in [6.07, 6.45) is 6.05. The van der Waals surface area contributed by atoms with Crippen LogP contribution in [0, 0.1) is 11.7 Å². The van der Waals surface area contributed by atoms with Crippen LogP contribution >= 0.6 is 25.0 Å². The van der Waals surface area contributed by atoms with Crippen molar-refractivity contribution in [1.82, 2.24) is 19.9 Å². The lowest BCUT2D eigenvalue weighted by Gasteiger charge is -2.37. The molecule has 4 rings (SSSR count). The van der Waals surface area contributed by atoms with Crippen molar-refractivity contribution >= 4 is 36.8 Å². The summed E-state index contributed by atoms with van der Waals surface area (Å²) in [6.45, 7) is 3.60. The van der Waals surface area contributed by atoms with Crippen LogP contribution in [0.5, 0.6) is 0 Å². The number of nitrogens with zero attached hydrogens (tertiary/aromatic N) is 4. The number of esters is 1. The zero-order valence-corrected chi connectivity index (χ0v) is 20.1. The molecule has 1 aliphatic carbocycles. The van der Waals surface area contributed by atoms with Crippen LogP contribution in [0.4, 0.5) is 4.39 Å². The highest BCUT2D eigenvalue weighted by molar-refractivity contribution is 7.81. The van der Waals surface area contributed by atoms with E-state index < -0.39 is 12.0 Å². The molecule has 33 heavy (non-hydrogen) atoms. The van der Waals surface area contributed by atoms with Gasteiger partial charge >= 0.3 is 5.97 Å². The number of allylic oxidation sites excluding steroid dienone is 1. The summed E-state index contributed by atoms with van der Waals surface area (Å²) in [6, 6.07) is 5.96. The summed E-state index contributed by atoms with van der Waals surface area (Å²) in [4.78, 5) is 27.0. The molecule has 1 saturated carbocycles. The highest BCUT2D eigenvalue weighted by Gasteiger charge is 2.40. The van der Waals surface area contributed by atoms with Crippen molar-refractivity contribution in [3.8, 4) is 0 Å². The fourth-order valence-electron chi connectivity index (χ4n) is 4.03. The van der Waals surface area contributed by atoms with Gasteiger partial charge in [-0.25, -0.2) is 13.9 Å². The maximum atomic E-state index is 14.6. The van der Waals surface area contributed by atoms with Crippen LogP contribution in [-0.2, 0) is 16.1 Å². The average molecular weight is 495 g/mol. The van der Waals surface area contributed by atoms with Crippen molar-refractivity contribution in [1.29, 1.82) is 0 Å². The molecule has 0 amide bonds. The van der Waals surface area contributed by atoms with Crippen molar-refractivity contribution in [2.45, 2.75) is 44.0 Å². The summed E-state index contributed by atoms with van der Waals surface area (Å²) in [5, 5.41) is 7.87. The second kappa shape index (κ2) is 11.3. The lowest BCUT2D eigenvalue weighted by Crippen LogP contribution is -2.42. The highest BCUT2D eigenvalue weighted by Crippen LogP contribution is 2.39. The van der Waals surface area contributed by atoms with Crippen LogP contribution in [0.2, 0.25) is 0 Å². The molecule has 1 saturated heterocycles. The molecule has 2 aliphatic rings. The second-order valence-corrected chi connectivity index (χ2v) is 8.82. The first-order valence-corrected chi connectivity index (χ1v) is 11.5. The number of hydrogen-bond donors (Lipinski definition) is 1. The maximum absolute atomic E-state index is 14.6. The molecule has 0 radical (unpaired) electrons. The van der Waals surface area contributed by atoms with Gasteiger partial charge in [-0.15, -0.1) is 17.5 Å². The van der Waals surface area contributed by atoms with Crippen molar-refractivity contribution in [3.05, 3.63) is 59.2 Å². The van der Waals surface area contributed by atoms with E-state index in [1.165, 1.54) is 6.07 Å². The Morgan fingerprint density at radius 2 is 2.06 bits per heavy atom. The number of likely N-dealkylation sites (tertiary alicyclic amines) is 1. The molecule has 2 unspecified atom stereocenters. The summed E-state index contributed by atoms with van der Waals surface area (Å²) in [5.74, 6) is -0.729. The molecule has 1 aromatic carbocycles. The zero-order valence-electron chi connectivity index (χ0n) is 18.4. The Morgan fingerprint density at radius 3 is 2.76 bits per heavy atom. The molecule has 1 aromatic heterocycles. The molecular weight excluding hydrogens is 467 g/mol. The van der Waals surface area contributed by atoms with E-state index in [-0.39, 0.29) is 47.5 Å². The molecule has 7 nitrogen and oxygen atoms in total. The molecule has 2 aromatic rings. The molecule has 0 bridgehead atoms. The van der Waals surface area contributed by atoms with Gasteiger partial charge in [0.2, 0.25) is 0 Å². The van der Waals surface area contributed by atoms with E-state index in [9.17, 15) is 14.0 Å². The Kier molecular flexibility index (Phi) is 8.67. The summed E-state index contributed by atoms with van der Waals surface area (Å²) in [5.41, 5.74) is 1.64. The first kappa shape index (κ1) is 25.4. The Bertz CT molecular complexity index is 1030. The summed E-state index contributed by atoms with van der Waals surface area (Å²) < 4.78 is 21.1. The third kappa shape index (κ3) is 6.02. The van der Waals surface area contributed by atoms with Crippen LogP contribution in [0.1, 0.15) is 48.3 Å². The van der Waals surface area contributed by atoms with E-state index in [1.807, 2.05) is 6.08 Å². The number of benzene rings is 1. The van der Waals surface area contributed by atoms with Gasteiger partial charge in [-0.3, -0.25) is 9.69 Å². The van der Waals surface area contributed by atoms with Crippen LogP contribution in [0.15, 0.2) is 42.1 Å². The number of ketones is 1. The van der Waals surface area contributed by atoms with Crippen molar-refractivity contribution in [3.63, 3.8) is 0 Å². The largest absolute Gasteiger partial charge is 0.461 e. The van der Waals surface area contributed by atoms with Crippen LogP contribution in [0.25, 0.3) is 0 Å². The molecule has 0 N–H and O–H groups in total. The molecule has 178 valence electrons. The predicted octanol–water partition coefficient (Wildman–Crippen LogP) is 3.67. The molecule has 2 heterocycles. The normalized spacial score (nSPS) is 20.8. The number of carbonyl (C=O) groups excluding carboxylic acids is 2. The number of aromatic nitrogens is 3. The third-order valence-corrected chi connectivity index (χ3v) is 6.47. The van der Waals surface area contributed by atoms with E-state index in [4.69, 9.17) is 17.4 Å². The number of halogens is 2. The van der Waals surface area contributed by atoms with Gasteiger partial charge in [-0.2, -0.15) is 12.6 Å². The van der Waals surface area contributed by atoms with E-state index in [1.54, 1.807) is 36.0 Å². The van der Waals surface area contributed by atoms with E-state index >= 15 is 0 Å². The molecule has 1 aliphatic heterocycles. The fraction of sp³-hybridized carbons (Fsp3) is 0.478. The van der Waals surface area contributed by atoms with Gasteiger partial charge in [-0.1, -0.05) is 29.5 Å². The van der Waals surface area contributed by atoms with Crippen molar-refractivity contribution < 1.29 is 18.7 Å². The maximum Gasteiger partial charge on any atom is 0.360 e.